The van der Waals surface area contributed by atoms with Crippen LogP contribution in [0.2, 0.25) is 0 Å². The number of rotatable bonds is 11. The predicted molar refractivity (Wildman–Crippen MR) is 110 cm³/mol. The highest BCUT2D eigenvalue weighted by atomic mass is 16.5. The van der Waals surface area contributed by atoms with E-state index in [1.807, 2.05) is 6.92 Å². The predicted octanol–water partition coefficient (Wildman–Crippen LogP) is 4.57. The molecule has 0 radical (unpaired) electrons. The second-order valence-corrected chi connectivity index (χ2v) is 6.66. The molecule has 0 aliphatic carbocycles. The summed E-state index contributed by atoms with van der Waals surface area (Å²) in [6.45, 7) is 4.46. The van der Waals surface area contributed by atoms with Gasteiger partial charge < -0.3 is 19.3 Å². The number of esters is 1. The minimum Gasteiger partial charge on any atom is -0.507 e. The Morgan fingerprint density at radius 3 is 2.21 bits per heavy atom. The number of unbranched alkanes of at least 4 members (excludes halogenated alkanes) is 1. The first-order valence-electron chi connectivity index (χ1n) is 9.77. The Bertz CT molecular complexity index is 826. The van der Waals surface area contributed by atoms with E-state index in [4.69, 9.17) is 9.47 Å². The molecule has 0 bridgehead atoms. The second kappa shape index (κ2) is 11.1. The molecule has 0 aliphatic heterocycles. The Balaban J connectivity index is 1.80. The molecule has 6 nitrogen and oxygen atoms in total. The molecule has 0 saturated heterocycles. The maximum Gasteiger partial charge on any atom is 0.337 e. The van der Waals surface area contributed by atoms with Gasteiger partial charge in [0.25, 0.3) is 0 Å². The minimum absolute atomic E-state index is 0.0237. The van der Waals surface area contributed by atoms with Crippen LogP contribution >= 0.6 is 0 Å². The van der Waals surface area contributed by atoms with Crippen LogP contribution in [0.15, 0.2) is 36.4 Å². The number of aromatic hydroxyl groups is 1. The van der Waals surface area contributed by atoms with Gasteiger partial charge in [0.1, 0.15) is 17.2 Å². The molecule has 0 fully saturated rings. The molecule has 0 spiro atoms. The lowest BCUT2D eigenvalue weighted by Crippen LogP contribution is -2.05. The van der Waals surface area contributed by atoms with Gasteiger partial charge in [-0.3, -0.25) is 4.79 Å². The van der Waals surface area contributed by atoms with Crippen LogP contribution in [0.3, 0.4) is 0 Å². The lowest BCUT2D eigenvalue weighted by Gasteiger charge is -2.14. The van der Waals surface area contributed by atoms with Crippen molar-refractivity contribution in [1.29, 1.82) is 0 Å². The fourth-order valence-electron chi connectivity index (χ4n) is 2.91. The number of phenolic OH excluding ortho intramolecular Hbond substituents is 1. The number of methoxy groups -OCH3 is 1. The molecule has 2 rings (SSSR count). The van der Waals surface area contributed by atoms with Gasteiger partial charge >= 0.3 is 5.97 Å². The summed E-state index contributed by atoms with van der Waals surface area (Å²) in [6.07, 6.45) is 3.06. The third kappa shape index (κ3) is 6.24. The van der Waals surface area contributed by atoms with Gasteiger partial charge in [0.15, 0.2) is 5.78 Å². The van der Waals surface area contributed by atoms with E-state index < -0.39 is 0 Å². The molecule has 156 valence electrons. The summed E-state index contributed by atoms with van der Waals surface area (Å²) in [7, 11) is 1.35. The Morgan fingerprint density at radius 2 is 1.62 bits per heavy atom. The van der Waals surface area contributed by atoms with Gasteiger partial charge in [-0.15, -0.1) is 0 Å². The highest BCUT2D eigenvalue weighted by Gasteiger charge is 2.15. The normalized spacial score (nSPS) is 10.4. The quantitative estimate of drug-likeness (QED) is 0.338. The number of hydrogen-bond acceptors (Lipinski definition) is 6. The Kier molecular flexibility index (Phi) is 8.52. The van der Waals surface area contributed by atoms with Gasteiger partial charge in [-0.1, -0.05) is 13.3 Å². The van der Waals surface area contributed by atoms with E-state index in [2.05, 4.69) is 4.74 Å². The lowest BCUT2D eigenvalue weighted by molar-refractivity contribution is 0.0600. The van der Waals surface area contributed by atoms with E-state index in [1.54, 1.807) is 36.4 Å². The fraction of sp³-hybridized carbons (Fsp3) is 0.391. The van der Waals surface area contributed by atoms with Crippen LogP contribution in [0.1, 0.15) is 59.4 Å². The van der Waals surface area contributed by atoms with Crippen molar-refractivity contribution in [2.75, 3.05) is 20.3 Å². The summed E-state index contributed by atoms with van der Waals surface area (Å²) < 4.78 is 16.2. The first-order valence-corrected chi connectivity index (χ1v) is 9.77. The third-order valence-corrected chi connectivity index (χ3v) is 4.46. The second-order valence-electron chi connectivity index (χ2n) is 6.66. The van der Waals surface area contributed by atoms with E-state index in [0.29, 0.717) is 47.8 Å². The van der Waals surface area contributed by atoms with Gasteiger partial charge in [0.2, 0.25) is 0 Å². The molecule has 0 aliphatic rings. The standard InChI is InChI=1S/C23H28O6/c1-4-7-20-21(13-12-19(16(2)24)22(20)25)29-15-6-5-14-28-18-10-8-17(9-11-18)23(26)27-3/h8-13,25H,4-7,14-15H2,1-3H3. The number of benzene rings is 2. The van der Waals surface area contributed by atoms with E-state index in [-0.39, 0.29) is 17.5 Å². The van der Waals surface area contributed by atoms with Crippen molar-refractivity contribution in [2.45, 2.75) is 39.5 Å². The van der Waals surface area contributed by atoms with Gasteiger partial charge in [-0.2, -0.15) is 0 Å². The Labute approximate surface area is 171 Å². The monoisotopic (exact) mass is 400 g/mol. The maximum atomic E-state index is 11.6. The minimum atomic E-state index is -0.376. The van der Waals surface area contributed by atoms with Crippen molar-refractivity contribution in [1.82, 2.24) is 0 Å². The van der Waals surface area contributed by atoms with Crippen LogP contribution in [-0.2, 0) is 11.2 Å². The molecule has 2 aromatic rings. The third-order valence-electron chi connectivity index (χ3n) is 4.46. The first kappa shape index (κ1) is 22.3. The number of phenols is 1. The lowest BCUT2D eigenvalue weighted by atomic mass is 10.0. The van der Waals surface area contributed by atoms with Crippen molar-refractivity contribution in [3.63, 3.8) is 0 Å². The molecular formula is C23H28O6. The summed E-state index contributed by atoms with van der Waals surface area (Å²) in [5, 5.41) is 10.4. The summed E-state index contributed by atoms with van der Waals surface area (Å²) in [6, 6.07) is 10.2. The highest BCUT2D eigenvalue weighted by Crippen LogP contribution is 2.33. The molecule has 0 aromatic heterocycles. The summed E-state index contributed by atoms with van der Waals surface area (Å²) >= 11 is 0. The number of Topliss-reactive ketones (excluding diaryl/α,β-unsaturated/α-hetero) is 1. The van der Waals surface area contributed by atoms with Crippen LogP contribution < -0.4 is 9.47 Å². The average Bonchev–Trinajstić information content (AvgIpc) is 2.72. The number of ether oxygens (including phenoxy) is 3. The summed E-state index contributed by atoms with van der Waals surface area (Å²) in [4.78, 5) is 23.0. The number of hydrogen-bond donors (Lipinski definition) is 1. The van der Waals surface area contributed by atoms with E-state index in [9.17, 15) is 14.7 Å². The molecule has 6 heteroatoms. The van der Waals surface area contributed by atoms with Crippen LogP contribution in [0.4, 0.5) is 0 Å². The highest BCUT2D eigenvalue weighted by molar-refractivity contribution is 5.97. The Hall–Kier alpha value is -3.02. The van der Waals surface area contributed by atoms with Crippen molar-refractivity contribution in [2.24, 2.45) is 0 Å². The number of carbonyl (C=O) groups excluding carboxylic acids is 2. The maximum absolute atomic E-state index is 11.6. The zero-order chi connectivity index (χ0) is 21.2. The zero-order valence-electron chi connectivity index (χ0n) is 17.2. The molecule has 0 saturated carbocycles. The van der Waals surface area contributed by atoms with E-state index in [0.717, 1.165) is 19.3 Å². The topological polar surface area (TPSA) is 82.1 Å². The van der Waals surface area contributed by atoms with Crippen molar-refractivity contribution in [3.8, 4) is 17.2 Å². The Morgan fingerprint density at radius 1 is 0.966 bits per heavy atom. The van der Waals surface area contributed by atoms with E-state index >= 15 is 0 Å². The molecule has 2 aromatic carbocycles. The van der Waals surface area contributed by atoms with Crippen molar-refractivity contribution in [3.05, 3.63) is 53.1 Å². The van der Waals surface area contributed by atoms with Crippen LogP contribution in [-0.4, -0.2) is 37.2 Å². The SMILES string of the molecule is CCCc1c(OCCCCOc2ccc(C(=O)OC)cc2)ccc(C(C)=O)c1O. The van der Waals surface area contributed by atoms with Crippen LogP contribution in [0.25, 0.3) is 0 Å². The molecule has 1 N–H and O–H groups in total. The molecule has 0 unspecified atom stereocenters. The van der Waals surface area contributed by atoms with Crippen molar-refractivity contribution < 1.29 is 28.9 Å². The van der Waals surface area contributed by atoms with Gasteiger partial charge in [-0.25, -0.2) is 4.79 Å². The van der Waals surface area contributed by atoms with Gasteiger partial charge in [0, 0.05) is 5.56 Å². The number of carbonyl (C=O) groups is 2. The average molecular weight is 400 g/mol. The molecule has 0 amide bonds. The van der Waals surface area contributed by atoms with E-state index in [1.165, 1.54) is 14.0 Å². The van der Waals surface area contributed by atoms with Crippen LogP contribution in [0.5, 0.6) is 17.2 Å². The van der Waals surface area contributed by atoms with Gasteiger partial charge in [0.05, 0.1) is 31.5 Å². The van der Waals surface area contributed by atoms with Crippen LogP contribution in [0, 0.1) is 0 Å². The number of ketones is 1. The molecule has 0 heterocycles. The summed E-state index contributed by atoms with van der Waals surface area (Å²) in [5.74, 6) is 0.791. The smallest absolute Gasteiger partial charge is 0.337 e. The summed E-state index contributed by atoms with van der Waals surface area (Å²) in [5.41, 5.74) is 1.49. The fourth-order valence-corrected chi connectivity index (χ4v) is 2.91. The largest absolute Gasteiger partial charge is 0.507 e. The zero-order valence-corrected chi connectivity index (χ0v) is 17.2. The molecule has 0 atom stereocenters. The van der Waals surface area contributed by atoms with Gasteiger partial charge in [-0.05, 0) is 62.6 Å². The first-order chi connectivity index (χ1) is 14.0. The molecular weight excluding hydrogens is 372 g/mol. The molecule has 29 heavy (non-hydrogen) atoms. The van der Waals surface area contributed by atoms with Crippen molar-refractivity contribution >= 4 is 11.8 Å².